The van der Waals surface area contributed by atoms with E-state index in [1.807, 2.05) is 0 Å². The Morgan fingerprint density at radius 3 is 0.821 bits per heavy atom. The molecule has 0 bridgehead atoms. The van der Waals surface area contributed by atoms with Gasteiger partial charge in [-0.3, -0.25) is 57.3 Å². The van der Waals surface area contributed by atoms with Crippen LogP contribution in [-0.2, 0) is 31.3 Å². The van der Waals surface area contributed by atoms with Gasteiger partial charge < -0.3 is 0 Å². The van der Waals surface area contributed by atoms with Crippen LogP contribution in [0.3, 0.4) is 0 Å². The van der Waals surface area contributed by atoms with Crippen LogP contribution in [0.1, 0.15) is 486 Å². The van der Waals surface area contributed by atoms with Crippen LogP contribution in [0.2, 0.25) is 0 Å². The molecular formula is C105H176N4O8. The highest BCUT2D eigenvalue weighted by atomic mass is 16.2. The molecule has 2 aliphatic heterocycles. The van der Waals surface area contributed by atoms with E-state index < -0.39 is 11.1 Å². The van der Waals surface area contributed by atoms with Gasteiger partial charge in [-0.15, -0.1) is 0 Å². The Labute approximate surface area is 714 Å². The number of fused-ring (bicyclic) bond motifs is 2. The van der Waals surface area contributed by atoms with Crippen molar-refractivity contribution in [1.82, 2.24) is 18.9 Å². The van der Waals surface area contributed by atoms with Gasteiger partial charge in [0.25, 0.3) is 45.9 Å². The summed E-state index contributed by atoms with van der Waals surface area (Å²) in [4.78, 5) is 111. The Balaban J connectivity index is 0.902. The van der Waals surface area contributed by atoms with E-state index in [1.54, 1.807) is 21.6 Å². The third-order valence-corrected chi connectivity index (χ3v) is 30.0. The maximum absolute atomic E-state index is 14.8. The second-order valence-electron chi connectivity index (χ2n) is 39.2. The SMILES string of the molecule is CCCCCCCCC1C(CCCCCC)CCC(CCCCCCCCC(C)(CCCCCC)n2c(=O)c3cc4c(=O)n(CCCCCCCCC5C(CCCCCCCCC(C)(CCCCC)N6C(=O)C=CC6=O)CCC(CCCCCC)C5CCCCCCCC)c(=O)c4cc3c2=O)C1CCCCCCCCN1C(=O)C=CC1=O. The lowest BCUT2D eigenvalue weighted by Crippen LogP contribution is -2.49. The molecule has 7 rings (SSSR count). The number of benzene rings is 1. The molecule has 2 saturated carbocycles. The van der Waals surface area contributed by atoms with E-state index in [9.17, 15) is 38.4 Å². The summed E-state index contributed by atoms with van der Waals surface area (Å²) in [6.45, 7) is 18.9. The van der Waals surface area contributed by atoms with Crippen LogP contribution in [0.15, 0.2) is 55.6 Å². The minimum Gasteiger partial charge on any atom is -0.275 e. The van der Waals surface area contributed by atoms with Gasteiger partial charge in [0, 0.05) is 48.5 Å². The van der Waals surface area contributed by atoms with Gasteiger partial charge in [-0.25, -0.2) is 0 Å². The third-order valence-electron chi connectivity index (χ3n) is 30.0. The summed E-state index contributed by atoms with van der Waals surface area (Å²) in [5.74, 6) is 6.11. The first-order chi connectivity index (χ1) is 57.0. The molecule has 12 nitrogen and oxygen atoms in total. The molecule has 2 fully saturated rings. The molecule has 0 N–H and O–H groups in total. The maximum atomic E-state index is 14.8. The summed E-state index contributed by atoms with van der Waals surface area (Å²) >= 11 is 0. The van der Waals surface area contributed by atoms with Crippen molar-refractivity contribution in [3.05, 3.63) is 77.9 Å². The number of carbonyl (C=O) groups is 4. The molecule has 2 aromatic heterocycles. The molecular weight excluding hydrogens is 1450 g/mol. The molecule has 10 unspecified atom stereocenters. The zero-order valence-corrected chi connectivity index (χ0v) is 76.9. The van der Waals surface area contributed by atoms with Gasteiger partial charge in [-0.2, -0.15) is 0 Å². The van der Waals surface area contributed by atoms with Gasteiger partial charge >= 0.3 is 0 Å². The fourth-order valence-corrected chi connectivity index (χ4v) is 23.0. The van der Waals surface area contributed by atoms with E-state index in [-0.39, 0.29) is 67.4 Å². The average molecular weight is 1620 g/mol. The number of aromatic nitrogens is 2. The van der Waals surface area contributed by atoms with Crippen molar-refractivity contribution in [3.63, 3.8) is 0 Å². The maximum Gasteiger partial charge on any atom is 0.262 e. The minimum atomic E-state index is -0.664. The number of hydrogen-bond acceptors (Lipinski definition) is 8. The average Bonchev–Trinajstić information content (AvgIpc) is 1.57. The number of imide groups is 2. The van der Waals surface area contributed by atoms with Crippen LogP contribution < -0.4 is 22.2 Å². The van der Waals surface area contributed by atoms with E-state index in [0.29, 0.717) is 13.1 Å². The van der Waals surface area contributed by atoms with Crippen molar-refractivity contribution in [1.29, 1.82) is 0 Å². The molecule has 2 aliphatic carbocycles. The second-order valence-corrected chi connectivity index (χ2v) is 39.2. The summed E-state index contributed by atoms with van der Waals surface area (Å²) in [7, 11) is 0. The van der Waals surface area contributed by atoms with Crippen molar-refractivity contribution in [2.45, 2.75) is 503 Å². The molecule has 4 amide bonds. The number of nitrogens with zero attached hydrogens (tertiary/aromatic N) is 4. The molecule has 0 saturated heterocycles. The number of hydrogen-bond donors (Lipinski definition) is 0. The lowest BCUT2D eigenvalue weighted by molar-refractivity contribution is -0.144. The fraction of sp³-hybridized carbons (Fsp3) is 0.829. The predicted octanol–water partition coefficient (Wildman–Crippen LogP) is 28.4. The zero-order valence-electron chi connectivity index (χ0n) is 76.9. The van der Waals surface area contributed by atoms with Gasteiger partial charge in [0.15, 0.2) is 0 Å². The van der Waals surface area contributed by atoms with Crippen LogP contribution in [0.4, 0.5) is 0 Å². The lowest BCUT2D eigenvalue weighted by Gasteiger charge is -2.44. The van der Waals surface area contributed by atoms with Gasteiger partial charge in [0.05, 0.1) is 21.5 Å². The van der Waals surface area contributed by atoms with Gasteiger partial charge in [-0.05, 0) is 163 Å². The largest absolute Gasteiger partial charge is 0.275 e. The smallest absolute Gasteiger partial charge is 0.262 e. The molecule has 0 radical (unpaired) electrons. The minimum absolute atomic E-state index is 0.141. The monoisotopic (exact) mass is 1620 g/mol. The normalized spacial score (nSPS) is 20.9. The standard InChI is InChI=1S/C105H176N4O8/c1-9-15-21-26-38-50-64-88-84(60-46-23-17-11-3)69-71-87(90(88)66-52-40-30-34-44-58-80-106-96(110)72-73-97(106)111)63-49-37-29-33-43-57-79-105(8,78-55-25-19-13-5)109-102(116)94-82-92-93(83-95(94)103(109)117)101(115)107(100(92)114)81-59-45-35-31-41-53-67-91-86(70-68-85(61-47-24-18-12-4)89(91)65-51-39-27-22-16-10-2)62-48-36-28-32-42-56-77-104(7,76-54-20-14-6)108-98(112)74-75-99(108)113/h72-75,82-91H,9-71,76-81H2,1-8H3. The molecule has 10 atom stereocenters. The van der Waals surface area contributed by atoms with Crippen molar-refractivity contribution in [2.24, 2.45) is 47.3 Å². The van der Waals surface area contributed by atoms with Gasteiger partial charge in [0.1, 0.15) is 0 Å². The van der Waals surface area contributed by atoms with Crippen molar-refractivity contribution in [3.8, 4) is 0 Å². The van der Waals surface area contributed by atoms with E-state index in [4.69, 9.17) is 0 Å². The quantitative estimate of drug-likeness (QED) is 0.0400. The fourth-order valence-electron chi connectivity index (χ4n) is 23.0. The first-order valence-corrected chi connectivity index (χ1v) is 51.0. The molecule has 3 aromatic rings. The van der Waals surface area contributed by atoms with Crippen LogP contribution in [0.25, 0.3) is 21.5 Å². The predicted molar refractivity (Wildman–Crippen MR) is 495 cm³/mol. The first kappa shape index (κ1) is 99.4. The van der Waals surface area contributed by atoms with Crippen molar-refractivity contribution >= 4 is 45.2 Å². The van der Waals surface area contributed by atoms with E-state index >= 15 is 0 Å². The first-order valence-electron chi connectivity index (χ1n) is 51.0. The Morgan fingerprint density at radius 1 is 0.256 bits per heavy atom. The van der Waals surface area contributed by atoms with Crippen LogP contribution in [0.5, 0.6) is 0 Å². The molecule has 664 valence electrons. The number of rotatable bonds is 71. The Morgan fingerprint density at radius 2 is 0.487 bits per heavy atom. The second kappa shape index (κ2) is 56.8. The van der Waals surface area contributed by atoms with Crippen molar-refractivity contribution < 1.29 is 19.2 Å². The van der Waals surface area contributed by atoms with Gasteiger partial charge in [-0.1, -0.05) is 382 Å². The molecule has 1 aromatic carbocycles. The molecule has 12 heteroatoms. The van der Waals surface area contributed by atoms with E-state index in [1.165, 1.54) is 323 Å². The summed E-state index contributed by atoms with van der Waals surface area (Å²) in [5.41, 5.74) is -2.36. The number of unbranched alkanes of at least 4 members (excludes halogenated alkanes) is 41. The molecule has 117 heavy (non-hydrogen) atoms. The Hall–Kier alpha value is -4.74. The molecule has 4 aliphatic rings. The van der Waals surface area contributed by atoms with Crippen LogP contribution >= 0.6 is 0 Å². The lowest BCUT2D eigenvalue weighted by atomic mass is 9.61. The summed E-state index contributed by atoms with van der Waals surface area (Å²) < 4.78 is 2.93. The highest BCUT2D eigenvalue weighted by molar-refractivity contribution is 6.14. The van der Waals surface area contributed by atoms with Crippen LogP contribution in [0, 0.1) is 47.3 Å². The summed E-state index contributed by atoms with van der Waals surface area (Å²) in [6.07, 6.45) is 87.9. The number of carbonyl (C=O) groups excluding carboxylic acids is 4. The molecule has 4 heterocycles. The molecule has 0 spiro atoms. The summed E-state index contributed by atoms with van der Waals surface area (Å²) in [5, 5.41) is 1.09. The summed E-state index contributed by atoms with van der Waals surface area (Å²) in [6, 6.07) is 3.19. The highest BCUT2D eigenvalue weighted by Gasteiger charge is 2.42. The third kappa shape index (κ3) is 32.5. The topological polar surface area (TPSA) is 153 Å². The van der Waals surface area contributed by atoms with Crippen LogP contribution in [-0.4, -0.2) is 54.6 Å². The number of amides is 4. The van der Waals surface area contributed by atoms with Crippen molar-refractivity contribution in [2.75, 3.05) is 6.54 Å². The Kier molecular flexibility index (Phi) is 48.3. The Bertz CT molecular complexity index is 3440. The van der Waals surface area contributed by atoms with E-state index in [0.717, 1.165) is 189 Å². The highest BCUT2D eigenvalue weighted by Crippen LogP contribution is 2.50. The van der Waals surface area contributed by atoms with Gasteiger partial charge in [0.2, 0.25) is 0 Å². The zero-order chi connectivity index (χ0) is 83.9. The van der Waals surface area contributed by atoms with E-state index in [2.05, 4.69) is 55.4 Å².